The van der Waals surface area contributed by atoms with Crippen LogP contribution < -0.4 is 15.4 Å². The lowest BCUT2D eigenvalue weighted by atomic mass is 9.95. The number of hydrogen-bond donors (Lipinski definition) is 2. The lowest BCUT2D eigenvalue weighted by Gasteiger charge is -2.30. The second-order valence-electron chi connectivity index (χ2n) is 7.48. The highest BCUT2D eigenvalue weighted by atomic mass is 127. The van der Waals surface area contributed by atoms with Crippen LogP contribution in [0, 0.1) is 0 Å². The lowest BCUT2D eigenvalue weighted by Crippen LogP contribution is -2.46. The number of likely N-dealkylation sites (N-methyl/N-ethyl adjacent to an activating group) is 1. The topological polar surface area (TPSA) is 66.0 Å². The minimum absolute atomic E-state index is 0. The smallest absolute Gasteiger partial charge is 0.191 e. The van der Waals surface area contributed by atoms with Gasteiger partial charge in [-0.1, -0.05) is 31.5 Å². The van der Waals surface area contributed by atoms with Crippen LogP contribution in [0.15, 0.2) is 29.3 Å². The summed E-state index contributed by atoms with van der Waals surface area (Å²) < 4.78 is 18.1. The summed E-state index contributed by atoms with van der Waals surface area (Å²) in [5.74, 6) is 2.44. The fraction of sp³-hybridized carbons (Fsp3) is 0.667. The number of halogens is 1. The van der Waals surface area contributed by atoms with Crippen molar-refractivity contribution in [2.75, 3.05) is 40.0 Å². The zero-order valence-corrected chi connectivity index (χ0v) is 21.3. The van der Waals surface area contributed by atoms with E-state index in [9.17, 15) is 4.21 Å². The van der Waals surface area contributed by atoms with Crippen LogP contribution in [0.1, 0.15) is 38.2 Å². The van der Waals surface area contributed by atoms with E-state index in [-0.39, 0.29) is 24.0 Å². The zero-order valence-electron chi connectivity index (χ0n) is 18.1. The van der Waals surface area contributed by atoms with Crippen molar-refractivity contribution in [2.45, 2.75) is 50.4 Å². The molecule has 3 unspecified atom stereocenters. The van der Waals surface area contributed by atoms with Crippen LogP contribution in [0.3, 0.4) is 0 Å². The second-order valence-corrected chi connectivity index (χ2v) is 9.49. The summed E-state index contributed by atoms with van der Waals surface area (Å²) in [5.41, 5.74) is 1.11. The molecule has 6 nitrogen and oxygen atoms in total. The molecule has 0 saturated heterocycles. The predicted octanol–water partition coefficient (Wildman–Crippen LogP) is 2.99. The fourth-order valence-electron chi connectivity index (χ4n) is 3.45. The molecule has 1 aromatic rings. The molecule has 166 valence electrons. The first-order chi connectivity index (χ1) is 13.5. The monoisotopic (exact) mass is 536 g/mol. The number of rotatable bonds is 9. The summed E-state index contributed by atoms with van der Waals surface area (Å²) in [5, 5.41) is 7.23. The Bertz CT molecular complexity index is 657. The summed E-state index contributed by atoms with van der Waals surface area (Å²) in [6.45, 7) is 4.20. The largest absolute Gasteiger partial charge is 0.492 e. The summed E-state index contributed by atoms with van der Waals surface area (Å²) in [4.78, 5) is 6.48. The van der Waals surface area contributed by atoms with Gasteiger partial charge in [-0.2, -0.15) is 0 Å². The highest BCUT2D eigenvalue weighted by molar-refractivity contribution is 14.0. The van der Waals surface area contributed by atoms with E-state index in [1.54, 1.807) is 7.05 Å². The van der Waals surface area contributed by atoms with Gasteiger partial charge >= 0.3 is 0 Å². The molecule has 1 fully saturated rings. The van der Waals surface area contributed by atoms with Crippen molar-refractivity contribution in [3.63, 3.8) is 0 Å². The Labute approximate surface area is 195 Å². The van der Waals surface area contributed by atoms with Crippen molar-refractivity contribution < 1.29 is 8.95 Å². The van der Waals surface area contributed by atoms with Gasteiger partial charge in [0.25, 0.3) is 0 Å². The SMILES string of the molecule is CCS(=O)C1CCCC(NC(=NC)NCc2ccccc2OCCN(C)C)C1.I. The van der Waals surface area contributed by atoms with Crippen LogP contribution in [0.4, 0.5) is 0 Å². The van der Waals surface area contributed by atoms with Gasteiger partial charge in [0.15, 0.2) is 5.96 Å². The van der Waals surface area contributed by atoms with Crippen LogP contribution in [-0.2, 0) is 17.3 Å². The zero-order chi connectivity index (χ0) is 20.4. The van der Waals surface area contributed by atoms with E-state index in [4.69, 9.17) is 4.74 Å². The van der Waals surface area contributed by atoms with E-state index in [1.165, 1.54) is 0 Å². The molecule has 0 heterocycles. The van der Waals surface area contributed by atoms with Crippen molar-refractivity contribution >= 4 is 40.7 Å². The molecule has 29 heavy (non-hydrogen) atoms. The van der Waals surface area contributed by atoms with Gasteiger partial charge in [-0.05, 0) is 39.4 Å². The molecule has 0 bridgehead atoms. The van der Waals surface area contributed by atoms with Crippen molar-refractivity contribution in [3.8, 4) is 5.75 Å². The maximum atomic E-state index is 12.2. The molecule has 8 heteroatoms. The van der Waals surface area contributed by atoms with Gasteiger partial charge in [-0.15, -0.1) is 24.0 Å². The van der Waals surface area contributed by atoms with Gasteiger partial charge in [0, 0.05) is 53.5 Å². The number of ether oxygens (including phenoxy) is 1. The number of hydrogen-bond acceptors (Lipinski definition) is 4. The van der Waals surface area contributed by atoms with Crippen molar-refractivity contribution in [3.05, 3.63) is 29.8 Å². The summed E-state index contributed by atoms with van der Waals surface area (Å²) in [7, 11) is 5.16. The number of guanidine groups is 1. The molecule has 1 aliphatic rings. The Morgan fingerprint density at radius 1 is 1.31 bits per heavy atom. The second kappa shape index (κ2) is 14.2. The Morgan fingerprint density at radius 2 is 2.07 bits per heavy atom. The van der Waals surface area contributed by atoms with E-state index in [0.717, 1.165) is 55.3 Å². The van der Waals surface area contributed by atoms with Gasteiger partial charge in [0.2, 0.25) is 0 Å². The summed E-state index contributed by atoms with van der Waals surface area (Å²) >= 11 is 0. The van der Waals surface area contributed by atoms with Crippen LogP contribution in [0.5, 0.6) is 5.75 Å². The van der Waals surface area contributed by atoms with Crippen molar-refractivity contribution in [2.24, 2.45) is 4.99 Å². The molecule has 3 atom stereocenters. The third kappa shape index (κ3) is 9.21. The molecule has 0 aliphatic heterocycles. The maximum Gasteiger partial charge on any atom is 0.191 e. The van der Waals surface area contributed by atoms with Gasteiger partial charge < -0.3 is 20.3 Å². The third-order valence-electron chi connectivity index (χ3n) is 5.06. The number of benzene rings is 1. The number of nitrogens with zero attached hydrogens (tertiary/aromatic N) is 2. The predicted molar refractivity (Wildman–Crippen MR) is 134 cm³/mol. The number of aliphatic imine (C=N–C) groups is 1. The fourth-order valence-corrected chi connectivity index (χ4v) is 4.79. The van der Waals surface area contributed by atoms with Gasteiger partial charge in [0.1, 0.15) is 12.4 Å². The number of para-hydroxylation sites is 1. The molecule has 0 radical (unpaired) electrons. The molecule has 0 amide bonds. The summed E-state index contributed by atoms with van der Waals surface area (Å²) in [6, 6.07) is 8.43. The first kappa shape index (κ1) is 26.2. The van der Waals surface area contributed by atoms with Crippen molar-refractivity contribution in [1.29, 1.82) is 0 Å². The maximum absolute atomic E-state index is 12.2. The van der Waals surface area contributed by atoms with Gasteiger partial charge in [-0.3, -0.25) is 9.20 Å². The van der Waals surface area contributed by atoms with Crippen LogP contribution in [0.25, 0.3) is 0 Å². The van der Waals surface area contributed by atoms with E-state index in [0.29, 0.717) is 24.4 Å². The highest BCUT2D eigenvalue weighted by Crippen LogP contribution is 2.23. The minimum atomic E-state index is -0.715. The molecular formula is C21H37IN4O2S. The Balaban J connectivity index is 0.00000420. The first-order valence-corrected chi connectivity index (χ1v) is 11.6. The molecule has 2 rings (SSSR count). The first-order valence-electron chi connectivity index (χ1n) is 10.2. The average Bonchev–Trinajstić information content (AvgIpc) is 2.71. The van der Waals surface area contributed by atoms with Crippen LogP contribution >= 0.6 is 24.0 Å². The molecular weight excluding hydrogens is 499 g/mol. The third-order valence-corrected chi connectivity index (χ3v) is 6.80. The highest BCUT2D eigenvalue weighted by Gasteiger charge is 2.26. The van der Waals surface area contributed by atoms with E-state index < -0.39 is 10.8 Å². The Hall–Kier alpha value is -0.870. The van der Waals surface area contributed by atoms with Gasteiger partial charge in [0.05, 0.1) is 0 Å². The van der Waals surface area contributed by atoms with Crippen molar-refractivity contribution in [1.82, 2.24) is 15.5 Å². The Kier molecular flexibility index (Phi) is 12.8. The number of nitrogens with one attached hydrogen (secondary N) is 2. The van der Waals surface area contributed by atoms with E-state index in [1.807, 2.05) is 39.2 Å². The quantitative estimate of drug-likeness (QED) is 0.289. The normalized spacial score (nSPS) is 20.7. The van der Waals surface area contributed by atoms with E-state index >= 15 is 0 Å². The molecule has 2 N–H and O–H groups in total. The lowest BCUT2D eigenvalue weighted by molar-refractivity contribution is 0.259. The molecule has 0 aromatic heterocycles. The standard InChI is InChI=1S/C21H36N4O2S.HI/c1-5-28(26)19-11-8-10-18(15-19)24-21(22-2)23-16-17-9-6-7-12-20(17)27-14-13-25(3)4;/h6-7,9,12,18-19H,5,8,10-11,13-16H2,1-4H3,(H2,22,23,24);1H. The minimum Gasteiger partial charge on any atom is -0.492 e. The molecule has 1 aromatic carbocycles. The molecule has 1 saturated carbocycles. The average molecular weight is 537 g/mol. The Morgan fingerprint density at radius 3 is 2.76 bits per heavy atom. The van der Waals surface area contributed by atoms with Gasteiger partial charge in [-0.25, -0.2) is 0 Å². The van der Waals surface area contributed by atoms with Crippen LogP contribution in [-0.4, -0.2) is 66.4 Å². The molecule has 0 spiro atoms. The molecule has 1 aliphatic carbocycles. The van der Waals surface area contributed by atoms with Crippen LogP contribution in [0.2, 0.25) is 0 Å². The summed E-state index contributed by atoms with van der Waals surface area (Å²) in [6.07, 6.45) is 4.24. The van der Waals surface area contributed by atoms with E-state index in [2.05, 4.69) is 26.6 Å².